The van der Waals surface area contributed by atoms with E-state index in [2.05, 4.69) is 0 Å². The second-order valence-corrected chi connectivity index (χ2v) is 3.20. The molecule has 0 unspecified atom stereocenters. The summed E-state index contributed by atoms with van der Waals surface area (Å²) in [6, 6.07) is 5.13. The number of hydrogen-bond acceptors (Lipinski definition) is 5. The van der Waals surface area contributed by atoms with Crippen LogP contribution in [0.25, 0.3) is 0 Å². The number of hydrogen-bond donors (Lipinski definition) is 1. The van der Waals surface area contributed by atoms with Gasteiger partial charge in [-0.1, -0.05) is 12.1 Å². The lowest BCUT2D eigenvalue weighted by atomic mass is 10.2. The van der Waals surface area contributed by atoms with Crippen LogP contribution in [0.15, 0.2) is 18.2 Å². The SMILES string of the molecule is CCOC(=O)COc1c(CO)cccc1OC. The minimum Gasteiger partial charge on any atom is -0.493 e. The highest BCUT2D eigenvalue weighted by Gasteiger charge is 2.12. The summed E-state index contributed by atoms with van der Waals surface area (Å²) < 4.78 is 15.1. The molecule has 1 aromatic rings. The van der Waals surface area contributed by atoms with Crippen molar-refractivity contribution in [1.82, 2.24) is 0 Å². The van der Waals surface area contributed by atoms with Gasteiger partial charge in [0.2, 0.25) is 0 Å². The molecule has 5 nitrogen and oxygen atoms in total. The molecule has 0 aliphatic rings. The minimum absolute atomic E-state index is 0.185. The monoisotopic (exact) mass is 240 g/mol. The Morgan fingerprint density at radius 3 is 2.76 bits per heavy atom. The maximum Gasteiger partial charge on any atom is 0.344 e. The van der Waals surface area contributed by atoms with E-state index in [1.54, 1.807) is 25.1 Å². The summed E-state index contributed by atoms with van der Waals surface area (Å²) in [6.45, 7) is 1.64. The molecule has 0 saturated carbocycles. The third-order valence-electron chi connectivity index (χ3n) is 2.09. The lowest BCUT2D eigenvalue weighted by Gasteiger charge is -2.13. The van der Waals surface area contributed by atoms with Crippen molar-refractivity contribution < 1.29 is 24.1 Å². The highest BCUT2D eigenvalue weighted by molar-refractivity contribution is 5.71. The van der Waals surface area contributed by atoms with Crippen LogP contribution < -0.4 is 9.47 Å². The lowest BCUT2D eigenvalue weighted by molar-refractivity contribution is -0.145. The molecule has 0 heterocycles. The van der Waals surface area contributed by atoms with Gasteiger partial charge in [0.25, 0.3) is 0 Å². The molecule has 1 N–H and O–H groups in total. The van der Waals surface area contributed by atoms with Crippen LogP contribution in [0.4, 0.5) is 0 Å². The van der Waals surface area contributed by atoms with E-state index in [0.717, 1.165) is 0 Å². The molecule has 0 aliphatic carbocycles. The van der Waals surface area contributed by atoms with Gasteiger partial charge in [0.15, 0.2) is 18.1 Å². The molecule has 0 saturated heterocycles. The van der Waals surface area contributed by atoms with Gasteiger partial charge < -0.3 is 19.3 Å². The standard InChI is InChI=1S/C12H16O5/c1-3-16-11(14)8-17-12-9(7-13)5-4-6-10(12)15-2/h4-6,13H,3,7-8H2,1-2H3. The average Bonchev–Trinajstić information content (AvgIpc) is 2.36. The molecule has 0 amide bonds. The van der Waals surface area contributed by atoms with Gasteiger partial charge in [-0.25, -0.2) is 4.79 Å². The molecular formula is C12H16O5. The van der Waals surface area contributed by atoms with Crippen molar-refractivity contribution in [3.63, 3.8) is 0 Å². The van der Waals surface area contributed by atoms with E-state index in [9.17, 15) is 4.79 Å². The molecule has 0 radical (unpaired) electrons. The molecule has 1 rings (SSSR count). The molecule has 17 heavy (non-hydrogen) atoms. The number of esters is 1. The van der Waals surface area contributed by atoms with Crippen molar-refractivity contribution in [3.05, 3.63) is 23.8 Å². The number of ether oxygens (including phenoxy) is 3. The number of benzene rings is 1. The number of carbonyl (C=O) groups is 1. The number of rotatable bonds is 6. The summed E-state index contributed by atoms with van der Waals surface area (Å²) in [5.74, 6) is 0.383. The molecule has 0 fully saturated rings. The second-order valence-electron chi connectivity index (χ2n) is 3.20. The first-order valence-corrected chi connectivity index (χ1v) is 5.28. The van der Waals surface area contributed by atoms with Crippen molar-refractivity contribution in [2.24, 2.45) is 0 Å². The second kappa shape index (κ2) is 6.75. The van der Waals surface area contributed by atoms with E-state index < -0.39 is 5.97 Å². The van der Waals surface area contributed by atoms with Gasteiger partial charge in [-0.3, -0.25) is 0 Å². The molecule has 94 valence electrons. The normalized spacial score (nSPS) is 9.82. The highest BCUT2D eigenvalue weighted by Crippen LogP contribution is 2.30. The van der Waals surface area contributed by atoms with E-state index in [0.29, 0.717) is 23.7 Å². The van der Waals surface area contributed by atoms with Crippen LogP contribution in [-0.2, 0) is 16.1 Å². The number of methoxy groups -OCH3 is 1. The Morgan fingerprint density at radius 2 is 2.18 bits per heavy atom. The van der Waals surface area contributed by atoms with Crippen LogP contribution in [-0.4, -0.2) is 31.4 Å². The van der Waals surface area contributed by atoms with E-state index >= 15 is 0 Å². The van der Waals surface area contributed by atoms with Crippen molar-refractivity contribution in [2.45, 2.75) is 13.5 Å². The fourth-order valence-electron chi connectivity index (χ4n) is 1.34. The van der Waals surface area contributed by atoms with Crippen molar-refractivity contribution in [1.29, 1.82) is 0 Å². The maximum absolute atomic E-state index is 11.2. The smallest absolute Gasteiger partial charge is 0.344 e. The number of aliphatic hydroxyl groups is 1. The predicted octanol–water partition coefficient (Wildman–Crippen LogP) is 1.13. The van der Waals surface area contributed by atoms with E-state index in [-0.39, 0.29) is 13.2 Å². The Balaban J connectivity index is 2.77. The molecule has 0 spiro atoms. The van der Waals surface area contributed by atoms with Gasteiger partial charge >= 0.3 is 5.97 Å². The summed E-state index contributed by atoms with van der Waals surface area (Å²) in [6.07, 6.45) is 0. The Morgan fingerprint density at radius 1 is 1.41 bits per heavy atom. The Hall–Kier alpha value is -1.75. The van der Waals surface area contributed by atoms with Crippen LogP contribution in [0.5, 0.6) is 11.5 Å². The summed E-state index contributed by atoms with van der Waals surface area (Å²) >= 11 is 0. The van der Waals surface area contributed by atoms with Gasteiger partial charge in [0.1, 0.15) is 0 Å². The third-order valence-corrected chi connectivity index (χ3v) is 2.09. The zero-order valence-corrected chi connectivity index (χ0v) is 9.93. The molecular weight excluding hydrogens is 224 g/mol. The number of aliphatic hydroxyl groups excluding tert-OH is 1. The van der Waals surface area contributed by atoms with Crippen molar-refractivity contribution in [3.8, 4) is 11.5 Å². The first kappa shape index (κ1) is 13.3. The average molecular weight is 240 g/mol. The lowest BCUT2D eigenvalue weighted by Crippen LogP contribution is -2.15. The van der Waals surface area contributed by atoms with Crippen LogP contribution in [0.2, 0.25) is 0 Å². The summed E-state index contributed by atoms with van der Waals surface area (Å²) in [4.78, 5) is 11.2. The maximum atomic E-state index is 11.2. The first-order valence-electron chi connectivity index (χ1n) is 5.28. The molecule has 0 bridgehead atoms. The molecule has 1 aromatic carbocycles. The largest absolute Gasteiger partial charge is 0.493 e. The fraction of sp³-hybridized carbons (Fsp3) is 0.417. The van der Waals surface area contributed by atoms with Gasteiger partial charge in [0, 0.05) is 5.56 Å². The molecule has 0 aromatic heterocycles. The highest BCUT2D eigenvalue weighted by atomic mass is 16.6. The third kappa shape index (κ3) is 3.64. The van der Waals surface area contributed by atoms with Crippen LogP contribution in [0.1, 0.15) is 12.5 Å². The zero-order chi connectivity index (χ0) is 12.7. The Bertz CT molecular complexity index is 353. The van der Waals surface area contributed by atoms with Crippen molar-refractivity contribution >= 4 is 5.97 Å². The zero-order valence-electron chi connectivity index (χ0n) is 9.93. The van der Waals surface area contributed by atoms with E-state index in [1.165, 1.54) is 7.11 Å². The van der Waals surface area contributed by atoms with Gasteiger partial charge in [-0.15, -0.1) is 0 Å². The summed E-state index contributed by atoms with van der Waals surface area (Å²) in [7, 11) is 1.49. The van der Waals surface area contributed by atoms with Gasteiger partial charge in [-0.05, 0) is 13.0 Å². The minimum atomic E-state index is -0.456. The van der Waals surface area contributed by atoms with E-state index in [1.807, 2.05) is 0 Å². The first-order chi connectivity index (χ1) is 8.22. The van der Waals surface area contributed by atoms with Crippen LogP contribution in [0.3, 0.4) is 0 Å². The summed E-state index contributed by atoms with van der Waals surface area (Å²) in [5, 5.41) is 9.16. The number of carbonyl (C=O) groups excluding carboxylic acids is 1. The fourth-order valence-corrected chi connectivity index (χ4v) is 1.34. The van der Waals surface area contributed by atoms with Crippen LogP contribution in [0, 0.1) is 0 Å². The quantitative estimate of drug-likeness (QED) is 0.755. The topological polar surface area (TPSA) is 65.0 Å². The van der Waals surface area contributed by atoms with E-state index in [4.69, 9.17) is 19.3 Å². The van der Waals surface area contributed by atoms with Crippen LogP contribution >= 0.6 is 0 Å². The number of para-hydroxylation sites is 1. The van der Waals surface area contributed by atoms with Gasteiger partial charge in [0.05, 0.1) is 20.3 Å². The Labute approximate surface area is 99.9 Å². The Kier molecular flexibility index (Phi) is 5.29. The molecule has 0 atom stereocenters. The van der Waals surface area contributed by atoms with Crippen molar-refractivity contribution in [2.75, 3.05) is 20.3 Å². The van der Waals surface area contributed by atoms with Gasteiger partial charge in [-0.2, -0.15) is 0 Å². The summed E-state index contributed by atoms with van der Waals surface area (Å²) in [5.41, 5.74) is 0.564. The molecule has 0 aliphatic heterocycles. The molecule has 5 heteroatoms. The predicted molar refractivity (Wildman–Crippen MR) is 61.0 cm³/mol.